The van der Waals surface area contributed by atoms with Crippen molar-refractivity contribution in [3.8, 4) is 0 Å². The van der Waals surface area contributed by atoms with Gasteiger partial charge in [-0.05, 0) is 6.07 Å². The molecule has 0 aromatic heterocycles. The third-order valence-corrected chi connectivity index (χ3v) is 1.81. The van der Waals surface area contributed by atoms with Crippen molar-refractivity contribution in [3.05, 3.63) is 27.8 Å². The van der Waals surface area contributed by atoms with Crippen LogP contribution in [0.25, 0.3) is 0 Å². The van der Waals surface area contributed by atoms with Crippen molar-refractivity contribution in [2.24, 2.45) is 0 Å². The molecular formula is C8H9N3O4. The van der Waals surface area contributed by atoms with E-state index in [-0.39, 0.29) is 16.9 Å². The third kappa shape index (κ3) is 1.96. The summed E-state index contributed by atoms with van der Waals surface area (Å²) in [6.45, 7) is 0. The monoisotopic (exact) mass is 211 g/mol. The number of hydrogen-bond donors (Lipinski definition) is 2. The molecule has 0 saturated carbocycles. The Kier molecular flexibility index (Phi) is 2.75. The molecule has 0 atom stereocenters. The Morgan fingerprint density at radius 2 is 2.07 bits per heavy atom. The molecule has 0 aliphatic carbocycles. The predicted octanol–water partition coefficient (Wildman–Crippen LogP) is 0.546. The largest absolute Gasteiger partial charge is 0.465 e. The number of rotatable bonds is 2. The molecule has 0 fully saturated rings. The Morgan fingerprint density at radius 1 is 1.47 bits per heavy atom. The maximum atomic E-state index is 11.1. The van der Waals surface area contributed by atoms with Crippen LogP contribution in [0.3, 0.4) is 0 Å². The van der Waals surface area contributed by atoms with Gasteiger partial charge in [-0.15, -0.1) is 0 Å². The summed E-state index contributed by atoms with van der Waals surface area (Å²) in [6, 6.07) is 2.26. The molecule has 0 aliphatic rings. The lowest BCUT2D eigenvalue weighted by atomic mass is 10.1. The van der Waals surface area contributed by atoms with Crippen LogP contribution < -0.4 is 11.5 Å². The topological polar surface area (TPSA) is 121 Å². The molecular weight excluding hydrogens is 202 g/mol. The minimum atomic E-state index is -0.710. The van der Waals surface area contributed by atoms with Gasteiger partial charge in [0.05, 0.1) is 23.3 Å². The zero-order valence-corrected chi connectivity index (χ0v) is 7.89. The van der Waals surface area contributed by atoms with Crippen molar-refractivity contribution in [1.29, 1.82) is 0 Å². The molecule has 7 heteroatoms. The molecule has 1 aromatic rings. The number of benzene rings is 1. The Hall–Kier alpha value is -2.31. The lowest BCUT2D eigenvalue weighted by Gasteiger charge is -2.04. The van der Waals surface area contributed by atoms with Gasteiger partial charge in [0.2, 0.25) is 0 Å². The number of nitrogens with two attached hydrogens (primary N) is 2. The first-order valence-electron chi connectivity index (χ1n) is 3.89. The third-order valence-electron chi connectivity index (χ3n) is 1.81. The zero-order chi connectivity index (χ0) is 11.6. The Morgan fingerprint density at radius 3 is 2.53 bits per heavy atom. The summed E-state index contributed by atoms with van der Waals surface area (Å²) >= 11 is 0. The standard InChI is InChI=1S/C8H9N3O4/c1-15-8(12)4-2-5(9)7(10)6(3-4)11(13)14/h2-3H,9-10H2,1H3. The molecule has 0 radical (unpaired) electrons. The fraction of sp³-hybridized carbons (Fsp3) is 0.125. The van der Waals surface area contributed by atoms with Gasteiger partial charge in [0, 0.05) is 6.07 Å². The highest BCUT2D eigenvalue weighted by Gasteiger charge is 2.18. The van der Waals surface area contributed by atoms with Crippen molar-refractivity contribution in [2.75, 3.05) is 18.6 Å². The summed E-state index contributed by atoms with van der Waals surface area (Å²) in [5, 5.41) is 10.6. The van der Waals surface area contributed by atoms with Crippen LogP contribution in [-0.4, -0.2) is 18.0 Å². The van der Waals surface area contributed by atoms with Gasteiger partial charge in [0.25, 0.3) is 5.69 Å². The number of carbonyl (C=O) groups excluding carboxylic acids is 1. The average Bonchev–Trinajstić information content (AvgIpc) is 2.20. The van der Waals surface area contributed by atoms with Crippen molar-refractivity contribution in [3.63, 3.8) is 0 Å². The molecule has 1 aromatic carbocycles. The molecule has 0 bridgehead atoms. The number of nitro groups is 1. The number of hydrogen-bond acceptors (Lipinski definition) is 6. The van der Waals surface area contributed by atoms with E-state index in [0.717, 1.165) is 6.07 Å². The average molecular weight is 211 g/mol. The van der Waals surface area contributed by atoms with Crippen LogP contribution in [0.15, 0.2) is 12.1 Å². The van der Waals surface area contributed by atoms with E-state index in [1.165, 1.54) is 13.2 Å². The van der Waals surface area contributed by atoms with Crippen molar-refractivity contribution in [1.82, 2.24) is 0 Å². The molecule has 0 heterocycles. The first kappa shape index (κ1) is 10.8. The number of ether oxygens (including phenoxy) is 1. The lowest BCUT2D eigenvalue weighted by molar-refractivity contribution is -0.383. The minimum absolute atomic E-state index is 0.00380. The zero-order valence-electron chi connectivity index (χ0n) is 7.89. The molecule has 0 amide bonds. The summed E-state index contributed by atoms with van der Waals surface area (Å²) in [6.07, 6.45) is 0. The Balaban J connectivity index is 3.35. The van der Waals surface area contributed by atoms with Gasteiger partial charge in [-0.2, -0.15) is 0 Å². The number of nitrogens with zero attached hydrogens (tertiary/aromatic N) is 1. The van der Waals surface area contributed by atoms with Crippen molar-refractivity contribution in [2.45, 2.75) is 0 Å². The summed E-state index contributed by atoms with van der Waals surface area (Å²) in [5.41, 5.74) is 10.2. The Labute approximate surface area is 84.8 Å². The fourth-order valence-corrected chi connectivity index (χ4v) is 1.05. The van der Waals surface area contributed by atoms with E-state index in [1.807, 2.05) is 0 Å². The predicted molar refractivity (Wildman–Crippen MR) is 53.3 cm³/mol. The molecule has 4 N–H and O–H groups in total. The summed E-state index contributed by atoms with van der Waals surface area (Å²) in [5.74, 6) is -0.704. The minimum Gasteiger partial charge on any atom is -0.465 e. The molecule has 0 spiro atoms. The molecule has 0 unspecified atom stereocenters. The van der Waals surface area contributed by atoms with Crippen LogP contribution in [0.5, 0.6) is 0 Å². The highest BCUT2D eigenvalue weighted by molar-refractivity contribution is 5.94. The number of esters is 1. The van der Waals surface area contributed by atoms with Gasteiger partial charge < -0.3 is 16.2 Å². The van der Waals surface area contributed by atoms with E-state index >= 15 is 0 Å². The van der Waals surface area contributed by atoms with Gasteiger partial charge in [-0.25, -0.2) is 4.79 Å². The first-order chi connectivity index (χ1) is 6.97. The van der Waals surface area contributed by atoms with Crippen LogP contribution in [0.1, 0.15) is 10.4 Å². The molecule has 80 valence electrons. The van der Waals surface area contributed by atoms with E-state index in [1.54, 1.807) is 0 Å². The van der Waals surface area contributed by atoms with Crippen molar-refractivity contribution < 1.29 is 14.5 Å². The molecule has 7 nitrogen and oxygen atoms in total. The first-order valence-corrected chi connectivity index (χ1v) is 3.89. The molecule has 0 aliphatic heterocycles. The second-order valence-electron chi connectivity index (χ2n) is 2.75. The number of nitrogen functional groups attached to an aromatic ring is 2. The molecule has 0 saturated heterocycles. The SMILES string of the molecule is COC(=O)c1cc(N)c(N)c([N+](=O)[O-])c1. The van der Waals surface area contributed by atoms with Crippen LogP contribution >= 0.6 is 0 Å². The number of carbonyl (C=O) groups is 1. The number of methoxy groups -OCH3 is 1. The van der Waals surface area contributed by atoms with Gasteiger partial charge in [-0.3, -0.25) is 10.1 Å². The van der Waals surface area contributed by atoms with Crippen LogP contribution in [0.2, 0.25) is 0 Å². The highest BCUT2D eigenvalue weighted by atomic mass is 16.6. The van der Waals surface area contributed by atoms with E-state index in [2.05, 4.69) is 4.74 Å². The molecule has 1 rings (SSSR count). The van der Waals surface area contributed by atoms with Gasteiger partial charge >= 0.3 is 5.97 Å². The molecule has 15 heavy (non-hydrogen) atoms. The second kappa shape index (κ2) is 3.82. The van der Waals surface area contributed by atoms with E-state index < -0.39 is 16.6 Å². The van der Waals surface area contributed by atoms with Gasteiger partial charge in [-0.1, -0.05) is 0 Å². The smallest absolute Gasteiger partial charge is 0.338 e. The maximum Gasteiger partial charge on any atom is 0.338 e. The van der Waals surface area contributed by atoms with E-state index in [9.17, 15) is 14.9 Å². The van der Waals surface area contributed by atoms with Crippen molar-refractivity contribution >= 4 is 23.0 Å². The summed E-state index contributed by atoms with van der Waals surface area (Å²) in [4.78, 5) is 21.0. The highest BCUT2D eigenvalue weighted by Crippen LogP contribution is 2.29. The van der Waals surface area contributed by atoms with E-state index in [0.29, 0.717) is 0 Å². The fourth-order valence-electron chi connectivity index (χ4n) is 1.05. The number of anilines is 2. The van der Waals surface area contributed by atoms with Gasteiger partial charge in [0.1, 0.15) is 5.69 Å². The van der Waals surface area contributed by atoms with Crippen LogP contribution in [0, 0.1) is 10.1 Å². The van der Waals surface area contributed by atoms with Crippen LogP contribution in [0.4, 0.5) is 17.1 Å². The summed E-state index contributed by atoms with van der Waals surface area (Å²) < 4.78 is 4.41. The number of nitro benzene ring substituents is 1. The summed E-state index contributed by atoms with van der Waals surface area (Å²) in [7, 11) is 1.17. The second-order valence-corrected chi connectivity index (χ2v) is 2.75. The Bertz CT molecular complexity index is 430. The van der Waals surface area contributed by atoms with Gasteiger partial charge in [0.15, 0.2) is 0 Å². The van der Waals surface area contributed by atoms with Crippen LogP contribution in [-0.2, 0) is 4.74 Å². The maximum absolute atomic E-state index is 11.1. The van der Waals surface area contributed by atoms with E-state index in [4.69, 9.17) is 11.5 Å². The lowest BCUT2D eigenvalue weighted by Crippen LogP contribution is -2.06. The quantitative estimate of drug-likeness (QED) is 0.318. The normalized spacial score (nSPS) is 9.67.